The zero-order valence-corrected chi connectivity index (χ0v) is 10.7. The van der Waals surface area contributed by atoms with Crippen LogP contribution in [-0.4, -0.2) is 13.6 Å². The molecule has 1 N–H and O–H groups in total. The van der Waals surface area contributed by atoms with E-state index in [1.165, 1.54) is 22.5 Å². The molecule has 0 radical (unpaired) electrons. The van der Waals surface area contributed by atoms with E-state index >= 15 is 0 Å². The molecule has 0 amide bonds. The third-order valence-electron chi connectivity index (χ3n) is 3.64. The van der Waals surface area contributed by atoms with Gasteiger partial charge < -0.3 is 10.2 Å². The monoisotopic (exact) mass is 238 g/mol. The van der Waals surface area contributed by atoms with Crippen molar-refractivity contribution in [2.45, 2.75) is 13.0 Å². The van der Waals surface area contributed by atoms with Crippen molar-refractivity contribution >= 4 is 11.4 Å². The van der Waals surface area contributed by atoms with Gasteiger partial charge in [-0.3, -0.25) is 0 Å². The van der Waals surface area contributed by atoms with Crippen LogP contribution in [0.5, 0.6) is 0 Å². The fourth-order valence-corrected chi connectivity index (χ4v) is 2.66. The maximum atomic E-state index is 3.28. The molecule has 0 bridgehead atoms. The van der Waals surface area contributed by atoms with Gasteiger partial charge in [0.2, 0.25) is 0 Å². The Hall–Kier alpha value is -1.96. The standard InChI is InChI=1S/C16H18N2/c1-17-15-8-4-5-9-16(15)18-11-10-13-6-2-3-7-14(13)12-18/h2-9,17H,10-12H2,1H3. The quantitative estimate of drug-likeness (QED) is 0.863. The molecule has 0 atom stereocenters. The minimum Gasteiger partial charge on any atom is -0.386 e. The highest BCUT2D eigenvalue weighted by atomic mass is 15.1. The number of rotatable bonds is 2. The van der Waals surface area contributed by atoms with E-state index in [1.54, 1.807) is 0 Å². The fraction of sp³-hybridized carbons (Fsp3) is 0.250. The van der Waals surface area contributed by atoms with Crippen molar-refractivity contribution in [2.24, 2.45) is 0 Å². The van der Waals surface area contributed by atoms with Gasteiger partial charge in [0, 0.05) is 20.1 Å². The Bertz CT molecular complexity index is 548. The highest BCUT2D eigenvalue weighted by Crippen LogP contribution is 2.29. The Morgan fingerprint density at radius 2 is 1.67 bits per heavy atom. The molecule has 1 aliphatic heterocycles. The molecule has 0 unspecified atom stereocenters. The lowest BCUT2D eigenvalue weighted by Crippen LogP contribution is -2.30. The molecule has 0 saturated carbocycles. The zero-order chi connectivity index (χ0) is 12.4. The first-order valence-corrected chi connectivity index (χ1v) is 6.47. The second-order valence-electron chi connectivity index (χ2n) is 4.71. The second-order valence-corrected chi connectivity index (χ2v) is 4.71. The smallest absolute Gasteiger partial charge is 0.0605 e. The SMILES string of the molecule is CNc1ccccc1N1CCc2ccccc2C1. The van der Waals surface area contributed by atoms with Crippen LogP contribution in [0.3, 0.4) is 0 Å². The summed E-state index contributed by atoms with van der Waals surface area (Å²) in [5.74, 6) is 0. The first-order chi connectivity index (χ1) is 8.88. The van der Waals surface area contributed by atoms with E-state index in [0.29, 0.717) is 0 Å². The lowest BCUT2D eigenvalue weighted by atomic mass is 9.99. The molecular weight excluding hydrogens is 220 g/mol. The van der Waals surface area contributed by atoms with Gasteiger partial charge in [0.05, 0.1) is 11.4 Å². The Kier molecular flexibility index (Phi) is 2.93. The van der Waals surface area contributed by atoms with Gasteiger partial charge in [-0.1, -0.05) is 36.4 Å². The van der Waals surface area contributed by atoms with E-state index in [2.05, 4.69) is 58.7 Å². The van der Waals surface area contributed by atoms with Gasteiger partial charge in [-0.15, -0.1) is 0 Å². The highest BCUT2D eigenvalue weighted by molar-refractivity contribution is 5.70. The van der Waals surface area contributed by atoms with Gasteiger partial charge >= 0.3 is 0 Å². The summed E-state index contributed by atoms with van der Waals surface area (Å²) >= 11 is 0. The summed E-state index contributed by atoms with van der Waals surface area (Å²) in [5.41, 5.74) is 5.46. The normalized spacial score (nSPS) is 14.2. The third-order valence-corrected chi connectivity index (χ3v) is 3.64. The van der Waals surface area contributed by atoms with Crippen LogP contribution in [0, 0.1) is 0 Å². The predicted molar refractivity (Wildman–Crippen MR) is 77.2 cm³/mol. The molecule has 18 heavy (non-hydrogen) atoms. The van der Waals surface area contributed by atoms with E-state index in [9.17, 15) is 0 Å². The molecule has 1 aliphatic rings. The van der Waals surface area contributed by atoms with Crippen LogP contribution in [0.2, 0.25) is 0 Å². The molecule has 0 saturated heterocycles. The predicted octanol–water partition coefficient (Wildman–Crippen LogP) is 3.29. The summed E-state index contributed by atoms with van der Waals surface area (Å²) in [6.07, 6.45) is 1.13. The minimum atomic E-state index is 1.01. The van der Waals surface area contributed by atoms with Gasteiger partial charge in [-0.2, -0.15) is 0 Å². The zero-order valence-electron chi connectivity index (χ0n) is 10.7. The van der Waals surface area contributed by atoms with Crippen LogP contribution in [-0.2, 0) is 13.0 Å². The highest BCUT2D eigenvalue weighted by Gasteiger charge is 2.17. The lowest BCUT2D eigenvalue weighted by molar-refractivity contribution is 0.732. The molecule has 2 nitrogen and oxygen atoms in total. The van der Waals surface area contributed by atoms with Crippen molar-refractivity contribution in [3.63, 3.8) is 0 Å². The average molecular weight is 238 g/mol. The van der Waals surface area contributed by atoms with Gasteiger partial charge in [-0.25, -0.2) is 0 Å². The van der Waals surface area contributed by atoms with Gasteiger partial charge in [0.15, 0.2) is 0 Å². The Balaban J connectivity index is 1.92. The Morgan fingerprint density at radius 1 is 0.944 bits per heavy atom. The fourth-order valence-electron chi connectivity index (χ4n) is 2.66. The van der Waals surface area contributed by atoms with E-state index < -0.39 is 0 Å². The molecule has 0 aromatic heterocycles. The Labute approximate surface area is 108 Å². The summed E-state index contributed by atoms with van der Waals surface area (Å²) in [6.45, 7) is 2.10. The van der Waals surface area contributed by atoms with Crippen molar-refractivity contribution in [1.29, 1.82) is 0 Å². The van der Waals surface area contributed by atoms with E-state index in [0.717, 1.165) is 19.5 Å². The summed E-state index contributed by atoms with van der Waals surface area (Å²) < 4.78 is 0. The number of anilines is 2. The van der Waals surface area contributed by atoms with E-state index in [4.69, 9.17) is 0 Å². The molecule has 92 valence electrons. The van der Waals surface area contributed by atoms with Gasteiger partial charge in [0.25, 0.3) is 0 Å². The molecule has 0 fully saturated rings. The van der Waals surface area contributed by atoms with Gasteiger partial charge in [-0.05, 0) is 29.7 Å². The maximum Gasteiger partial charge on any atom is 0.0605 e. The van der Waals surface area contributed by atoms with Crippen LogP contribution >= 0.6 is 0 Å². The molecule has 1 heterocycles. The maximum absolute atomic E-state index is 3.28. The molecule has 0 spiro atoms. The molecule has 2 aromatic carbocycles. The summed E-state index contributed by atoms with van der Waals surface area (Å²) in [7, 11) is 1.98. The van der Waals surface area contributed by atoms with Crippen molar-refractivity contribution in [1.82, 2.24) is 0 Å². The number of nitrogens with zero attached hydrogens (tertiary/aromatic N) is 1. The number of nitrogens with one attached hydrogen (secondary N) is 1. The third kappa shape index (κ3) is 1.94. The summed E-state index contributed by atoms with van der Waals surface area (Å²) in [6, 6.07) is 17.3. The molecule has 2 heteroatoms. The number of hydrogen-bond acceptors (Lipinski definition) is 2. The van der Waals surface area contributed by atoms with Crippen molar-refractivity contribution in [3.8, 4) is 0 Å². The minimum absolute atomic E-state index is 1.01. The van der Waals surface area contributed by atoms with E-state index in [1.807, 2.05) is 7.05 Å². The summed E-state index contributed by atoms with van der Waals surface area (Å²) in [4.78, 5) is 2.45. The average Bonchev–Trinajstić information content (AvgIpc) is 2.46. The van der Waals surface area contributed by atoms with Crippen LogP contribution < -0.4 is 10.2 Å². The lowest BCUT2D eigenvalue weighted by Gasteiger charge is -2.32. The number of hydrogen-bond donors (Lipinski definition) is 1. The first-order valence-electron chi connectivity index (χ1n) is 6.47. The Morgan fingerprint density at radius 3 is 2.50 bits per heavy atom. The van der Waals surface area contributed by atoms with Crippen molar-refractivity contribution in [3.05, 3.63) is 59.7 Å². The van der Waals surface area contributed by atoms with Crippen molar-refractivity contribution in [2.75, 3.05) is 23.8 Å². The van der Waals surface area contributed by atoms with Gasteiger partial charge in [0.1, 0.15) is 0 Å². The second kappa shape index (κ2) is 4.73. The molecular formula is C16H18N2. The number of para-hydroxylation sites is 2. The van der Waals surface area contributed by atoms with Crippen LogP contribution in [0.25, 0.3) is 0 Å². The first kappa shape index (κ1) is 11.1. The van der Waals surface area contributed by atoms with Crippen LogP contribution in [0.15, 0.2) is 48.5 Å². The summed E-state index contributed by atoms with van der Waals surface area (Å²) in [5, 5.41) is 3.28. The largest absolute Gasteiger partial charge is 0.386 e. The molecule has 2 aromatic rings. The van der Waals surface area contributed by atoms with Crippen LogP contribution in [0.4, 0.5) is 11.4 Å². The topological polar surface area (TPSA) is 15.3 Å². The molecule has 3 rings (SSSR count). The molecule has 0 aliphatic carbocycles. The van der Waals surface area contributed by atoms with Crippen LogP contribution in [0.1, 0.15) is 11.1 Å². The number of benzene rings is 2. The number of fused-ring (bicyclic) bond motifs is 1. The van der Waals surface area contributed by atoms with E-state index in [-0.39, 0.29) is 0 Å². The van der Waals surface area contributed by atoms with Crippen molar-refractivity contribution < 1.29 is 0 Å².